The fraction of sp³-hybridized carbons (Fsp3) is 0.238. The van der Waals surface area contributed by atoms with E-state index in [1.54, 1.807) is 23.1 Å². The number of amides is 1. The van der Waals surface area contributed by atoms with Crippen LogP contribution in [0.4, 0.5) is 20.3 Å². The van der Waals surface area contributed by atoms with E-state index in [9.17, 15) is 9.18 Å². The van der Waals surface area contributed by atoms with Gasteiger partial charge in [-0.2, -0.15) is 0 Å². The van der Waals surface area contributed by atoms with Crippen LogP contribution in [0.15, 0.2) is 42.5 Å². The minimum Gasteiger partial charge on any atom is -0.494 e. The molecular formula is C21H20F2N4O2. The lowest BCUT2D eigenvalue weighted by molar-refractivity contribution is 0.101. The molecule has 6 nitrogen and oxygen atoms in total. The summed E-state index contributed by atoms with van der Waals surface area (Å²) in [7, 11) is 1.52. The number of aromatic nitrogens is 1. The number of benzene rings is 2. The zero-order valence-electron chi connectivity index (χ0n) is 15.8. The Kier molecular flexibility index (Phi) is 5.26. The van der Waals surface area contributed by atoms with Crippen LogP contribution in [0.1, 0.15) is 10.4 Å². The minimum atomic E-state index is -0.919. The first kappa shape index (κ1) is 19.1. The number of halogens is 2. The van der Waals surface area contributed by atoms with Crippen molar-refractivity contribution in [2.45, 2.75) is 0 Å². The summed E-state index contributed by atoms with van der Waals surface area (Å²) in [6, 6.07) is 11.2. The van der Waals surface area contributed by atoms with Crippen LogP contribution in [-0.4, -0.2) is 44.2 Å². The normalized spacial score (nSPS) is 14.1. The zero-order valence-corrected chi connectivity index (χ0v) is 15.8. The molecule has 0 radical (unpaired) electrons. The highest BCUT2D eigenvalue weighted by atomic mass is 19.1. The van der Waals surface area contributed by atoms with Crippen molar-refractivity contribution in [1.29, 1.82) is 0 Å². The quantitative estimate of drug-likeness (QED) is 0.707. The van der Waals surface area contributed by atoms with Crippen molar-refractivity contribution in [3.8, 4) is 5.75 Å². The van der Waals surface area contributed by atoms with Crippen molar-refractivity contribution in [1.82, 2.24) is 10.3 Å². The molecule has 8 heteroatoms. The van der Waals surface area contributed by atoms with E-state index in [-0.39, 0.29) is 11.5 Å². The van der Waals surface area contributed by atoms with Crippen LogP contribution in [0.5, 0.6) is 5.75 Å². The average molecular weight is 398 g/mol. The van der Waals surface area contributed by atoms with Crippen molar-refractivity contribution in [3.63, 3.8) is 0 Å². The number of rotatable bonds is 4. The molecule has 1 aliphatic heterocycles. The molecule has 150 valence electrons. The first-order valence-electron chi connectivity index (χ1n) is 9.27. The number of para-hydroxylation sites is 1. The second kappa shape index (κ2) is 8.00. The molecule has 2 aromatic carbocycles. The Balaban J connectivity index is 1.65. The lowest BCUT2D eigenvalue weighted by Gasteiger charge is -2.30. The number of hydrogen-bond acceptors (Lipinski definition) is 5. The number of piperazine rings is 1. The first-order chi connectivity index (χ1) is 14.1. The second-order valence-electron chi connectivity index (χ2n) is 6.68. The van der Waals surface area contributed by atoms with Gasteiger partial charge in [0.25, 0.3) is 5.91 Å². The van der Waals surface area contributed by atoms with Gasteiger partial charge in [0.2, 0.25) is 0 Å². The topological polar surface area (TPSA) is 66.5 Å². The predicted octanol–water partition coefficient (Wildman–Crippen LogP) is 3.18. The van der Waals surface area contributed by atoms with Gasteiger partial charge in [-0.05, 0) is 30.3 Å². The van der Waals surface area contributed by atoms with E-state index in [0.717, 1.165) is 11.5 Å². The third-order valence-corrected chi connectivity index (χ3v) is 4.90. The zero-order chi connectivity index (χ0) is 20.4. The van der Waals surface area contributed by atoms with Crippen molar-refractivity contribution in [2.24, 2.45) is 0 Å². The van der Waals surface area contributed by atoms with E-state index in [1.807, 2.05) is 12.1 Å². The summed E-state index contributed by atoms with van der Waals surface area (Å²) >= 11 is 0. The summed E-state index contributed by atoms with van der Waals surface area (Å²) in [6.07, 6.45) is 0. The van der Waals surface area contributed by atoms with Crippen LogP contribution >= 0.6 is 0 Å². The molecule has 29 heavy (non-hydrogen) atoms. The molecular weight excluding hydrogens is 378 g/mol. The molecule has 3 aromatic rings. The molecule has 1 aromatic heterocycles. The molecule has 2 heterocycles. The molecule has 0 unspecified atom stereocenters. The van der Waals surface area contributed by atoms with Crippen LogP contribution in [0.2, 0.25) is 0 Å². The lowest BCUT2D eigenvalue weighted by Crippen LogP contribution is -2.44. The van der Waals surface area contributed by atoms with Crippen molar-refractivity contribution in [3.05, 3.63) is 59.7 Å². The van der Waals surface area contributed by atoms with E-state index < -0.39 is 23.1 Å². The number of nitrogens with one attached hydrogen (secondary N) is 2. The Labute approximate surface area is 166 Å². The van der Waals surface area contributed by atoms with Crippen molar-refractivity contribution in [2.75, 3.05) is 43.5 Å². The molecule has 1 amide bonds. The summed E-state index contributed by atoms with van der Waals surface area (Å²) in [4.78, 5) is 18.8. The van der Waals surface area contributed by atoms with Crippen LogP contribution < -0.4 is 20.3 Å². The standard InChI is InChI=1S/C21H20F2N4O2/c1-29-16-4-2-3-13-5-8-17(25-20(13)16)26-21(28)18-14(22)6-7-15(19(18)23)27-11-9-24-10-12-27/h2-8,24H,9-12H2,1H3,(H,25,26,28). The van der Waals surface area contributed by atoms with E-state index in [0.29, 0.717) is 37.4 Å². The van der Waals surface area contributed by atoms with Gasteiger partial charge >= 0.3 is 0 Å². The molecule has 4 rings (SSSR count). The predicted molar refractivity (Wildman–Crippen MR) is 108 cm³/mol. The van der Waals surface area contributed by atoms with E-state index in [2.05, 4.69) is 15.6 Å². The number of nitrogens with zero attached hydrogens (tertiary/aromatic N) is 2. The second-order valence-corrected chi connectivity index (χ2v) is 6.68. The maximum absolute atomic E-state index is 15.0. The number of methoxy groups -OCH3 is 1. The first-order valence-corrected chi connectivity index (χ1v) is 9.27. The summed E-state index contributed by atoms with van der Waals surface area (Å²) in [5.41, 5.74) is 0.137. The van der Waals surface area contributed by atoms with Crippen LogP contribution in [-0.2, 0) is 0 Å². The summed E-state index contributed by atoms with van der Waals surface area (Å²) < 4.78 is 34.7. The third kappa shape index (κ3) is 3.71. The molecule has 1 fully saturated rings. The maximum atomic E-state index is 15.0. The van der Waals surface area contributed by atoms with Crippen molar-refractivity contribution < 1.29 is 18.3 Å². The number of ether oxygens (including phenoxy) is 1. The number of hydrogen-bond donors (Lipinski definition) is 2. The number of fused-ring (bicyclic) bond motifs is 1. The molecule has 0 atom stereocenters. The highest BCUT2D eigenvalue weighted by Crippen LogP contribution is 2.27. The van der Waals surface area contributed by atoms with Gasteiger partial charge in [0, 0.05) is 31.6 Å². The number of carbonyl (C=O) groups excluding carboxylic acids is 1. The third-order valence-electron chi connectivity index (χ3n) is 4.90. The minimum absolute atomic E-state index is 0.179. The Hall–Kier alpha value is -3.26. The molecule has 0 aliphatic carbocycles. The SMILES string of the molecule is COc1cccc2ccc(NC(=O)c3c(F)ccc(N4CCNCC4)c3F)nc12. The number of pyridine rings is 1. The molecule has 0 saturated carbocycles. The fourth-order valence-electron chi connectivity index (χ4n) is 3.43. The highest BCUT2D eigenvalue weighted by molar-refractivity contribution is 6.05. The fourth-order valence-corrected chi connectivity index (χ4v) is 3.43. The largest absolute Gasteiger partial charge is 0.494 e. The highest BCUT2D eigenvalue weighted by Gasteiger charge is 2.24. The maximum Gasteiger partial charge on any atom is 0.262 e. The van der Waals surface area contributed by atoms with Gasteiger partial charge in [-0.25, -0.2) is 13.8 Å². The molecule has 1 saturated heterocycles. The van der Waals surface area contributed by atoms with Gasteiger partial charge in [0.15, 0.2) is 5.82 Å². The van der Waals surface area contributed by atoms with Crippen LogP contribution in [0.3, 0.4) is 0 Å². The molecule has 0 bridgehead atoms. The molecule has 2 N–H and O–H groups in total. The van der Waals surface area contributed by atoms with Gasteiger partial charge in [-0.1, -0.05) is 12.1 Å². The van der Waals surface area contributed by atoms with E-state index >= 15 is 4.39 Å². The molecule has 1 aliphatic rings. The van der Waals surface area contributed by atoms with Crippen molar-refractivity contribution >= 4 is 28.3 Å². The summed E-state index contributed by atoms with van der Waals surface area (Å²) in [5, 5.41) is 6.49. The smallest absolute Gasteiger partial charge is 0.262 e. The Morgan fingerprint density at radius 1 is 1.14 bits per heavy atom. The number of carbonyl (C=O) groups is 1. The van der Waals surface area contributed by atoms with Crippen LogP contribution in [0.25, 0.3) is 10.9 Å². The lowest BCUT2D eigenvalue weighted by atomic mass is 10.1. The van der Waals surface area contributed by atoms with Gasteiger partial charge in [0.1, 0.15) is 28.5 Å². The van der Waals surface area contributed by atoms with Gasteiger partial charge in [0.05, 0.1) is 12.8 Å². The monoisotopic (exact) mass is 398 g/mol. The number of anilines is 2. The van der Waals surface area contributed by atoms with Gasteiger partial charge < -0.3 is 20.3 Å². The Morgan fingerprint density at radius 2 is 1.93 bits per heavy atom. The summed E-state index contributed by atoms with van der Waals surface area (Å²) in [5.74, 6) is -1.96. The van der Waals surface area contributed by atoms with E-state index in [4.69, 9.17) is 4.74 Å². The van der Waals surface area contributed by atoms with Gasteiger partial charge in [-0.15, -0.1) is 0 Å². The Morgan fingerprint density at radius 3 is 2.69 bits per heavy atom. The summed E-state index contributed by atoms with van der Waals surface area (Å²) in [6.45, 7) is 2.55. The Bertz CT molecular complexity index is 1070. The van der Waals surface area contributed by atoms with E-state index in [1.165, 1.54) is 13.2 Å². The average Bonchev–Trinajstić information content (AvgIpc) is 2.74. The molecule has 0 spiro atoms. The van der Waals surface area contributed by atoms with Gasteiger partial charge in [-0.3, -0.25) is 4.79 Å². The van der Waals surface area contributed by atoms with Crippen LogP contribution in [0, 0.1) is 11.6 Å².